The average molecular weight is 661 g/mol. The van der Waals surface area contributed by atoms with Crippen molar-refractivity contribution in [2.75, 3.05) is 0 Å². The van der Waals surface area contributed by atoms with Crippen molar-refractivity contribution in [3.63, 3.8) is 0 Å². The number of hydrogen-bond acceptors (Lipinski definition) is 10. The lowest BCUT2D eigenvalue weighted by Crippen LogP contribution is -2.60. The number of carbonyl (C=O) groups is 4. The quantitative estimate of drug-likeness (QED) is 0.0694. The summed E-state index contributed by atoms with van der Waals surface area (Å²) in [4.78, 5) is 49.7. The Bertz CT molecular complexity index is 1550. The molecule has 0 radical (unpaired) electrons. The number of alkyl halides is 3. The minimum Gasteiger partial charge on any atom is -0.474 e. The molecule has 0 aliphatic carbocycles. The molecule has 0 saturated heterocycles. The molecule has 0 bridgehead atoms. The summed E-state index contributed by atoms with van der Waals surface area (Å²) in [6, 6.07) is 6.61. The Labute approximate surface area is 257 Å². The number of benzene rings is 2. The molecule has 45 heavy (non-hydrogen) atoms. The van der Waals surface area contributed by atoms with E-state index in [1.54, 1.807) is 45.0 Å². The molecule has 1 unspecified atom stereocenters. The smallest absolute Gasteiger partial charge is 0.474 e. The lowest BCUT2D eigenvalue weighted by molar-refractivity contribution is -0.140. The van der Waals surface area contributed by atoms with Crippen molar-refractivity contribution in [1.82, 2.24) is 15.5 Å². The minimum absolute atomic E-state index is 0.138. The maximum absolute atomic E-state index is 13.7. The van der Waals surface area contributed by atoms with Gasteiger partial charge in [0.25, 0.3) is 0 Å². The molecule has 2 aromatic rings. The third kappa shape index (κ3) is 10.1. The molecule has 0 heterocycles. The Kier molecular flexibility index (Phi) is 11.7. The highest BCUT2D eigenvalue weighted by molar-refractivity contribution is 7.90. The highest BCUT2D eigenvalue weighted by atomic mass is 32.2. The molecule has 248 valence electrons. The Balaban J connectivity index is 2.39. The number of ether oxygens (including phenoxy) is 2. The zero-order valence-corrected chi connectivity index (χ0v) is 25.8. The van der Waals surface area contributed by atoms with Gasteiger partial charge in [0.1, 0.15) is 17.6 Å². The van der Waals surface area contributed by atoms with Crippen LogP contribution in [0, 0.1) is 5.41 Å². The standard InChI is InChI=1S/C27H35F3N6O8S/c1-25(2,3)44-19(34-35-24(32)40)13-16(14-37)33-22(39)20(31)26(4,5)21(38)23(36-45(41,42)27(28,29)30)43-18-12-8-10-15-9-6-7-11-17(15)18/h6-12,14,16,20,23,36H,13,31H2,1-5H3,(H,33,39)(H3,32,35,40)/t16-,20+,23?/m0/s1. The van der Waals surface area contributed by atoms with Crippen LogP contribution in [-0.2, 0) is 29.1 Å². The SMILES string of the molecule is CC(C)(C)OC(C[C@@H](C=O)NC(=O)[C@@H](N)C(C)(C)C(=O)C(NS(=O)(=O)C(F)(F)F)Oc1cccc2ccccc12)=NNC(N)=O. The molecule has 0 aromatic heterocycles. The number of amides is 3. The molecule has 2 aromatic carbocycles. The van der Waals surface area contributed by atoms with E-state index in [-0.39, 0.29) is 17.9 Å². The number of hydrogen-bond donors (Lipinski definition) is 5. The van der Waals surface area contributed by atoms with Gasteiger partial charge in [0, 0.05) is 5.39 Å². The van der Waals surface area contributed by atoms with Crippen LogP contribution in [0.15, 0.2) is 47.6 Å². The molecular formula is C27H35F3N6O8S. The molecule has 14 nitrogen and oxygen atoms in total. The number of primary amides is 1. The van der Waals surface area contributed by atoms with E-state index < -0.39 is 69.0 Å². The van der Waals surface area contributed by atoms with Crippen LogP contribution in [0.2, 0.25) is 0 Å². The zero-order valence-electron chi connectivity index (χ0n) is 25.0. The number of rotatable bonds is 13. The number of carbonyl (C=O) groups excluding carboxylic acids is 4. The van der Waals surface area contributed by atoms with E-state index in [9.17, 15) is 40.8 Å². The van der Waals surface area contributed by atoms with Gasteiger partial charge < -0.3 is 31.1 Å². The van der Waals surface area contributed by atoms with Crippen molar-refractivity contribution < 1.29 is 50.2 Å². The summed E-state index contributed by atoms with van der Waals surface area (Å²) in [6.07, 6.45) is -2.61. The first-order valence-corrected chi connectivity index (χ1v) is 14.7. The van der Waals surface area contributed by atoms with Gasteiger partial charge in [-0.1, -0.05) is 50.2 Å². The van der Waals surface area contributed by atoms with Gasteiger partial charge in [-0.25, -0.2) is 18.6 Å². The molecule has 0 saturated carbocycles. The van der Waals surface area contributed by atoms with Crippen molar-refractivity contribution in [2.45, 2.75) is 70.5 Å². The van der Waals surface area contributed by atoms with Crippen molar-refractivity contribution in [3.8, 4) is 5.75 Å². The van der Waals surface area contributed by atoms with E-state index in [0.29, 0.717) is 10.8 Å². The second-order valence-corrected chi connectivity index (χ2v) is 13.0. The van der Waals surface area contributed by atoms with Crippen LogP contribution in [-0.4, -0.2) is 67.7 Å². The number of nitrogens with zero attached hydrogens (tertiary/aromatic N) is 1. The maximum Gasteiger partial charge on any atom is 0.511 e. The molecule has 18 heteroatoms. The number of fused-ring (bicyclic) bond motifs is 1. The fourth-order valence-corrected chi connectivity index (χ4v) is 4.33. The summed E-state index contributed by atoms with van der Waals surface area (Å²) in [5, 5.41) is 6.85. The number of halogens is 3. The number of ketones is 1. The van der Waals surface area contributed by atoms with Crippen molar-refractivity contribution >= 4 is 50.7 Å². The summed E-state index contributed by atoms with van der Waals surface area (Å²) in [5.41, 5.74) is 4.25. The zero-order chi connectivity index (χ0) is 34.4. The van der Waals surface area contributed by atoms with Crippen molar-refractivity contribution in [1.29, 1.82) is 0 Å². The number of aldehydes is 1. The lowest BCUT2D eigenvalue weighted by atomic mass is 9.79. The predicted octanol–water partition coefficient (Wildman–Crippen LogP) is 1.78. The maximum atomic E-state index is 13.7. The number of sulfonamides is 1. The van der Waals surface area contributed by atoms with Crippen LogP contribution in [0.4, 0.5) is 18.0 Å². The van der Waals surface area contributed by atoms with Crippen LogP contribution in [0.5, 0.6) is 5.75 Å². The molecule has 0 fully saturated rings. The molecule has 7 N–H and O–H groups in total. The van der Waals surface area contributed by atoms with Crippen molar-refractivity contribution in [3.05, 3.63) is 42.5 Å². The van der Waals surface area contributed by atoms with Gasteiger partial charge in [-0.3, -0.25) is 9.59 Å². The first kappa shape index (κ1) is 36.9. The van der Waals surface area contributed by atoms with Gasteiger partial charge in [-0.2, -0.15) is 17.9 Å². The normalized spacial score (nSPS) is 15.0. The van der Waals surface area contributed by atoms with Gasteiger partial charge >= 0.3 is 21.6 Å². The molecule has 0 aliphatic heterocycles. The Hall–Kier alpha value is -4.29. The summed E-state index contributed by atoms with van der Waals surface area (Å²) in [7, 11) is -6.13. The van der Waals surface area contributed by atoms with Gasteiger partial charge in [0.2, 0.25) is 18.0 Å². The van der Waals surface area contributed by atoms with E-state index in [4.69, 9.17) is 20.9 Å². The molecule has 2 rings (SSSR count). The minimum atomic E-state index is -6.13. The number of nitrogens with two attached hydrogens (primary N) is 2. The van der Waals surface area contributed by atoms with E-state index in [1.807, 2.05) is 5.43 Å². The van der Waals surface area contributed by atoms with E-state index in [2.05, 4.69) is 10.4 Å². The second kappa shape index (κ2) is 14.2. The summed E-state index contributed by atoms with van der Waals surface area (Å²) >= 11 is 0. The Morgan fingerprint density at radius 1 is 1.02 bits per heavy atom. The first-order valence-electron chi connectivity index (χ1n) is 13.2. The highest BCUT2D eigenvalue weighted by Gasteiger charge is 2.51. The van der Waals surface area contributed by atoms with Gasteiger partial charge in [0.15, 0.2) is 5.78 Å². The van der Waals surface area contributed by atoms with Crippen molar-refractivity contribution in [2.24, 2.45) is 22.0 Å². The molecule has 3 amide bonds. The Morgan fingerprint density at radius 3 is 2.18 bits per heavy atom. The largest absolute Gasteiger partial charge is 0.511 e. The summed E-state index contributed by atoms with van der Waals surface area (Å²) in [6.45, 7) is 7.08. The molecule has 0 aliphatic rings. The monoisotopic (exact) mass is 660 g/mol. The topological polar surface area (TPSA) is 221 Å². The lowest BCUT2D eigenvalue weighted by Gasteiger charge is -2.33. The van der Waals surface area contributed by atoms with Crippen LogP contribution in [0.3, 0.4) is 0 Å². The summed E-state index contributed by atoms with van der Waals surface area (Å²) in [5.74, 6) is -2.81. The molecule has 3 atom stereocenters. The van der Waals surface area contributed by atoms with Gasteiger partial charge in [-0.15, -0.1) is 5.10 Å². The fourth-order valence-electron chi connectivity index (χ4n) is 3.76. The molecule has 0 spiro atoms. The number of Topliss-reactive ketones (excluding diaryl/α,β-unsaturated/α-hetero) is 1. The third-order valence-corrected chi connectivity index (χ3v) is 7.23. The fraction of sp³-hybridized carbons (Fsp3) is 0.444. The summed E-state index contributed by atoms with van der Waals surface area (Å²) < 4.78 is 76.4. The Morgan fingerprint density at radius 2 is 1.62 bits per heavy atom. The highest BCUT2D eigenvalue weighted by Crippen LogP contribution is 2.30. The van der Waals surface area contributed by atoms with Gasteiger partial charge in [0.05, 0.1) is 23.9 Å². The second-order valence-electron chi connectivity index (χ2n) is 11.3. The molecular weight excluding hydrogens is 625 g/mol. The number of urea groups is 1. The van der Waals surface area contributed by atoms with Crippen LogP contribution in [0.1, 0.15) is 41.0 Å². The predicted molar refractivity (Wildman–Crippen MR) is 157 cm³/mol. The van der Waals surface area contributed by atoms with E-state index in [0.717, 1.165) is 13.8 Å². The van der Waals surface area contributed by atoms with E-state index in [1.165, 1.54) is 22.9 Å². The van der Waals surface area contributed by atoms with Gasteiger partial charge in [-0.05, 0) is 32.2 Å². The third-order valence-electron chi connectivity index (χ3n) is 6.10. The first-order chi connectivity index (χ1) is 20.6. The van der Waals surface area contributed by atoms with E-state index >= 15 is 0 Å². The van der Waals surface area contributed by atoms with Crippen LogP contribution >= 0.6 is 0 Å². The average Bonchev–Trinajstić information content (AvgIpc) is 2.92. The number of hydrazone groups is 1. The van der Waals surface area contributed by atoms with Crippen LogP contribution < -0.4 is 31.7 Å². The number of nitrogens with one attached hydrogen (secondary N) is 3. The van der Waals surface area contributed by atoms with Crippen LogP contribution in [0.25, 0.3) is 10.8 Å².